The van der Waals surface area contributed by atoms with E-state index in [1.54, 1.807) is 7.11 Å². The predicted octanol–water partition coefficient (Wildman–Crippen LogP) is 3.89. The van der Waals surface area contributed by atoms with Crippen molar-refractivity contribution in [1.29, 1.82) is 0 Å². The summed E-state index contributed by atoms with van der Waals surface area (Å²) in [5.74, 6) is 0.832. The molecular weight excluding hydrogens is 264 g/mol. The van der Waals surface area contributed by atoms with Crippen molar-refractivity contribution in [2.45, 2.75) is 24.8 Å². The average molecular weight is 277 g/mol. The van der Waals surface area contributed by atoms with Crippen molar-refractivity contribution in [3.63, 3.8) is 0 Å². The zero-order valence-corrected chi connectivity index (χ0v) is 10.8. The van der Waals surface area contributed by atoms with Crippen LogP contribution < -0.4 is 4.74 Å². The van der Waals surface area contributed by atoms with Gasteiger partial charge in [0, 0.05) is 16.5 Å². The van der Waals surface area contributed by atoms with Gasteiger partial charge in [-0.2, -0.15) is 0 Å². The Morgan fingerprint density at radius 3 is 2.64 bits per heavy atom. The number of methoxy groups -OCH3 is 1. The summed E-state index contributed by atoms with van der Waals surface area (Å²) in [6.07, 6.45) is 0.198. The van der Waals surface area contributed by atoms with Crippen LogP contribution in [0, 0.1) is 0 Å². The molecule has 2 nitrogen and oxygen atoms in total. The van der Waals surface area contributed by atoms with Crippen molar-refractivity contribution in [2.75, 3.05) is 7.11 Å². The summed E-state index contributed by atoms with van der Waals surface area (Å²) >= 11 is 4.75. The molecule has 1 aromatic rings. The van der Waals surface area contributed by atoms with Crippen LogP contribution in [0.4, 0.5) is 0 Å². The maximum atomic E-state index is 5.44. The fraction of sp³-hybridized carbons (Fsp3) is 0.400. The molecule has 0 bridgehead atoms. The van der Waals surface area contributed by atoms with Crippen LogP contribution >= 0.6 is 28.0 Å². The van der Waals surface area contributed by atoms with Crippen molar-refractivity contribution in [3.8, 4) is 5.75 Å². The molecule has 0 aliphatic rings. The molecule has 0 radical (unpaired) electrons. The highest BCUT2D eigenvalue weighted by molar-refractivity contribution is 9.10. The fourth-order valence-electron chi connectivity index (χ4n) is 0.864. The maximum Gasteiger partial charge on any atom is 0.134 e. The Morgan fingerprint density at radius 1 is 1.36 bits per heavy atom. The van der Waals surface area contributed by atoms with Crippen LogP contribution in [0.2, 0.25) is 0 Å². The van der Waals surface area contributed by atoms with E-state index in [0.29, 0.717) is 0 Å². The van der Waals surface area contributed by atoms with Crippen molar-refractivity contribution >= 4 is 28.0 Å². The molecule has 0 atom stereocenters. The van der Waals surface area contributed by atoms with E-state index in [0.717, 1.165) is 15.1 Å². The van der Waals surface area contributed by atoms with E-state index in [2.05, 4.69) is 15.9 Å². The molecule has 0 saturated heterocycles. The zero-order valence-electron chi connectivity index (χ0n) is 8.41. The van der Waals surface area contributed by atoms with E-state index in [9.17, 15) is 0 Å². The third-order valence-corrected chi connectivity index (χ3v) is 2.93. The molecule has 0 unspecified atom stereocenters. The lowest BCUT2D eigenvalue weighted by molar-refractivity contribution is 0.288. The molecule has 0 amide bonds. The smallest absolute Gasteiger partial charge is 0.134 e. The summed E-state index contributed by atoms with van der Waals surface area (Å²) in [6.45, 7) is 3.99. The Labute approximate surface area is 97.3 Å². The highest BCUT2D eigenvalue weighted by atomic mass is 79.9. The minimum Gasteiger partial charge on any atom is -0.495 e. The van der Waals surface area contributed by atoms with Gasteiger partial charge in [-0.25, -0.2) is 0 Å². The van der Waals surface area contributed by atoms with Crippen LogP contribution in [-0.4, -0.2) is 13.2 Å². The number of rotatable bonds is 4. The Kier molecular flexibility index (Phi) is 4.78. The number of ether oxygens (including phenoxy) is 1. The first kappa shape index (κ1) is 11.9. The second-order valence-corrected chi connectivity index (χ2v) is 4.74. The van der Waals surface area contributed by atoms with Gasteiger partial charge in [-0.15, -0.1) is 0 Å². The van der Waals surface area contributed by atoms with Gasteiger partial charge in [0.05, 0.1) is 18.1 Å². The van der Waals surface area contributed by atoms with E-state index in [1.165, 1.54) is 12.0 Å². The fourth-order valence-corrected chi connectivity index (χ4v) is 2.08. The molecule has 0 aliphatic heterocycles. The SMILES string of the molecule is COc1ccc(Br)cc1SOC(C)C. The summed E-state index contributed by atoms with van der Waals surface area (Å²) in [7, 11) is 1.66. The molecule has 0 aliphatic carbocycles. The highest BCUT2D eigenvalue weighted by Gasteiger charge is 2.06. The normalized spacial score (nSPS) is 10.6. The van der Waals surface area contributed by atoms with Gasteiger partial charge in [-0.05, 0) is 32.0 Å². The van der Waals surface area contributed by atoms with Gasteiger partial charge in [0.15, 0.2) is 0 Å². The van der Waals surface area contributed by atoms with Gasteiger partial charge in [-0.3, -0.25) is 0 Å². The third-order valence-electron chi connectivity index (χ3n) is 1.46. The second-order valence-electron chi connectivity index (χ2n) is 3.02. The number of benzene rings is 1. The van der Waals surface area contributed by atoms with Crippen LogP contribution in [0.5, 0.6) is 5.75 Å². The Balaban J connectivity index is 2.77. The second kappa shape index (κ2) is 5.63. The topological polar surface area (TPSA) is 18.5 Å². The lowest BCUT2D eigenvalue weighted by atomic mass is 10.3. The van der Waals surface area contributed by atoms with Crippen LogP contribution in [0.3, 0.4) is 0 Å². The molecule has 4 heteroatoms. The number of hydrogen-bond donors (Lipinski definition) is 0. The first-order valence-corrected chi connectivity index (χ1v) is 5.84. The van der Waals surface area contributed by atoms with E-state index >= 15 is 0 Å². The van der Waals surface area contributed by atoms with Crippen LogP contribution in [0.25, 0.3) is 0 Å². The number of hydrogen-bond acceptors (Lipinski definition) is 3. The summed E-state index contributed by atoms with van der Waals surface area (Å²) in [6, 6.07) is 5.83. The molecule has 14 heavy (non-hydrogen) atoms. The summed E-state index contributed by atoms with van der Waals surface area (Å²) in [4.78, 5) is 0.982. The standard InChI is InChI=1S/C10H13BrO2S/c1-7(2)13-14-10-6-8(11)4-5-9(10)12-3/h4-7H,1-3H3. The molecule has 0 saturated carbocycles. The van der Waals surface area contributed by atoms with Crippen LogP contribution in [0.1, 0.15) is 13.8 Å². The van der Waals surface area contributed by atoms with Crippen LogP contribution in [0.15, 0.2) is 27.6 Å². The summed E-state index contributed by atoms with van der Waals surface area (Å²) in [5.41, 5.74) is 0. The molecular formula is C10H13BrO2S. The minimum absolute atomic E-state index is 0.198. The summed E-state index contributed by atoms with van der Waals surface area (Å²) in [5, 5.41) is 0. The van der Waals surface area contributed by atoms with Gasteiger partial charge in [0.25, 0.3) is 0 Å². The van der Waals surface area contributed by atoms with Crippen molar-refractivity contribution < 1.29 is 8.92 Å². The molecule has 0 spiro atoms. The first-order chi connectivity index (χ1) is 6.63. The molecule has 0 N–H and O–H groups in total. The molecule has 78 valence electrons. The summed E-state index contributed by atoms with van der Waals surface area (Å²) < 4.78 is 11.7. The van der Waals surface area contributed by atoms with Gasteiger partial charge in [0.2, 0.25) is 0 Å². The van der Waals surface area contributed by atoms with Gasteiger partial charge in [-0.1, -0.05) is 15.9 Å². The third kappa shape index (κ3) is 3.52. The van der Waals surface area contributed by atoms with Gasteiger partial charge < -0.3 is 8.92 Å². The molecule has 0 fully saturated rings. The molecule has 1 rings (SSSR count). The zero-order chi connectivity index (χ0) is 10.6. The van der Waals surface area contributed by atoms with Crippen molar-refractivity contribution in [1.82, 2.24) is 0 Å². The lowest BCUT2D eigenvalue weighted by Gasteiger charge is -2.09. The Hall–Kier alpha value is -0.190. The molecule has 1 aromatic carbocycles. The van der Waals surface area contributed by atoms with E-state index < -0.39 is 0 Å². The highest BCUT2D eigenvalue weighted by Crippen LogP contribution is 2.33. The van der Waals surface area contributed by atoms with E-state index in [-0.39, 0.29) is 6.10 Å². The van der Waals surface area contributed by atoms with E-state index in [4.69, 9.17) is 8.92 Å². The molecule has 0 aromatic heterocycles. The average Bonchev–Trinajstić information content (AvgIpc) is 2.15. The monoisotopic (exact) mass is 276 g/mol. The van der Waals surface area contributed by atoms with Crippen molar-refractivity contribution in [2.24, 2.45) is 0 Å². The lowest BCUT2D eigenvalue weighted by Crippen LogP contribution is -1.95. The minimum atomic E-state index is 0.198. The number of halogens is 1. The van der Waals surface area contributed by atoms with Crippen LogP contribution in [-0.2, 0) is 4.18 Å². The largest absolute Gasteiger partial charge is 0.495 e. The van der Waals surface area contributed by atoms with E-state index in [1.807, 2.05) is 32.0 Å². The predicted molar refractivity (Wildman–Crippen MR) is 62.8 cm³/mol. The Bertz CT molecular complexity index is 302. The molecule has 0 heterocycles. The quantitative estimate of drug-likeness (QED) is 0.778. The van der Waals surface area contributed by atoms with Gasteiger partial charge >= 0.3 is 0 Å². The maximum absolute atomic E-state index is 5.44. The first-order valence-electron chi connectivity index (χ1n) is 4.30. The Morgan fingerprint density at radius 2 is 2.07 bits per heavy atom. The van der Waals surface area contributed by atoms with Crippen molar-refractivity contribution in [3.05, 3.63) is 22.7 Å². The van der Waals surface area contributed by atoms with Gasteiger partial charge in [0.1, 0.15) is 5.75 Å².